The first-order valence-electron chi connectivity index (χ1n) is 10.9. The van der Waals surface area contributed by atoms with E-state index in [0.717, 1.165) is 11.1 Å². The van der Waals surface area contributed by atoms with Crippen LogP contribution in [0.15, 0.2) is 60.8 Å². The minimum absolute atomic E-state index is 0.205. The van der Waals surface area contributed by atoms with Crippen LogP contribution in [0.25, 0.3) is 12.2 Å². The van der Waals surface area contributed by atoms with E-state index in [1.165, 1.54) is 26.5 Å². The lowest BCUT2D eigenvalue weighted by Crippen LogP contribution is -2.00. The number of halogens is 1. The molecule has 0 unspecified atom stereocenters. The zero-order chi connectivity index (χ0) is 26.1. The third kappa shape index (κ3) is 6.12. The van der Waals surface area contributed by atoms with E-state index in [1.54, 1.807) is 45.6 Å². The molecule has 0 fully saturated rings. The Morgan fingerprint density at radius 3 is 1.92 bits per heavy atom. The highest BCUT2D eigenvalue weighted by Gasteiger charge is 2.13. The maximum Gasteiger partial charge on any atom is 0.203 e. The first-order chi connectivity index (χ1) is 17.4. The van der Waals surface area contributed by atoms with Gasteiger partial charge in [-0.25, -0.2) is 0 Å². The lowest BCUT2D eigenvalue weighted by molar-refractivity contribution is 0.104. The molecule has 0 aliphatic heterocycles. The molecule has 188 valence electrons. The predicted octanol–water partition coefficient (Wildman–Crippen LogP) is 6.36. The van der Waals surface area contributed by atoms with Crippen LogP contribution in [0.4, 0.5) is 5.69 Å². The summed E-state index contributed by atoms with van der Waals surface area (Å²) in [5, 5.41) is 3.50. The number of ether oxygens (including phenoxy) is 5. The molecule has 1 N–H and O–H groups in total. The fourth-order valence-electron chi connectivity index (χ4n) is 3.56. The van der Waals surface area contributed by atoms with Crippen LogP contribution in [0.3, 0.4) is 0 Å². The number of carbonyl (C=O) groups excluding carboxylic acids is 1. The summed E-state index contributed by atoms with van der Waals surface area (Å²) < 4.78 is 26.9. The summed E-state index contributed by atoms with van der Waals surface area (Å²) in [6.07, 6.45) is 6.74. The molecule has 7 nitrogen and oxygen atoms in total. The Hall–Kier alpha value is -4.10. The van der Waals surface area contributed by atoms with Gasteiger partial charge < -0.3 is 29.0 Å². The molecule has 0 radical (unpaired) electrons. The van der Waals surface area contributed by atoms with Crippen LogP contribution in [-0.4, -0.2) is 41.3 Å². The zero-order valence-electron chi connectivity index (χ0n) is 20.8. The molecule has 3 aromatic carbocycles. The molecule has 0 aliphatic rings. The maximum absolute atomic E-state index is 12.6. The van der Waals surface area contributed by atoms with Crippen molar-refractivity contribution >= 4 is 35.2 Å². The van der Waals surface area contributed by atoms with Gasteiger partial charge in [-0.3, -0.25) is 4.79 Å². The quantitative estimate of drug-likeness (QED) is 0.183. The van der Waals surface area contributed by atoms with Crippen molar-refractivity contribution < 1.29 is 28.5 Å². The summed E-state index contributed by atoms with van der Waals surface area (Å²) in [7, 11) is 7.75. The fraction of sp³-hybridized carbons (Fsp3) is 0.179. The normalized spacial score (nSPS) is 10.9. The van der Waals surface area contributed by atoms with E-state index in [0.29, 0.717) is 45.0 Å². The van der Waals surface area contributed by atoms with Crippen molar-refractivity contribution in [3.05, 3.63) is 82.5 Å². The van der Waals surface area contributed by atoms with Crippen molar-refractivity contribution in [2.24, 2.45) is 0 Å². The predicted molar refractivity (Wildman–Crippen MR) is 143 cm³/mol. The number of methoxy groups -OCH3 is 5. The molecule has 0 aromatic heterocycles. The van der Waals surface area contributed by atoms with Crippen LogP contribution >= 0.6 is 11.6 Å². The molecular formula is C28H28ClNO6. The van der Waals surface area contributed by atoms with Gasteiger partial charge >= 0.3 is 0 Å². The molecular weight excluding hydrogens is 482 g/mol. The molecule has 3 rings (SSSR count). The highest BCUT2D eigenvalue weighted by molar-refractivity contribution is 6.32. The minimum atomic E-state index is -0.205. The Morgan fingerprint density at radius 2 is 1.33 bits per heavy atom. The summed E-state index contributed by atoms with van der Waals surface area (Å²) in [4.78, 5) is 12.6. The number of benzene rings is 3. The number of ketones is 1. The highest BCUT2D eigenvalue weighted by Crippen LogP contribution is 2.39. The number of hydrogen-bond donors (Lipinski definition) is 1. The van der Waals surface area contributed by atoms with E-state index in [4.69, 9.17) is 35.3 Å². The molecule has 8 heteroatoms. The molecule has 0 spiro atoms. The number of nitrogens with one attached hydrogen (secondary N) is 1. The number of hydrogen-bond acceptors (Lipinski definition) is 7. The average Bonchev–Trinajstić information content (AvgIpc) is 2.90. The number of rotatable bonds is 11. The Bertz CT molecular complexity index is 1260. The molecule has 0 bridgehead atoms. The summed E-state index contributed by atoms with van der Waals surface area (Å²) in [5.74, 6) is 2.38. The van der Waals surface area contributed by atoms with Gasteiger partial charge in [0.2, 0.25) is 5.75 Å². The van der Waals surface area contributed by atoms with Gasteiger partial charge in [0, 0.05) is 12.3 Å². The van der Waals surface area contributed by atoms with Crippen molar-refractivity contribution in [2.45, 2.75) is 0 Å². The smallest absolute Gasteiger partial charge is 0.203 e. The molecule has 0 aliphatic carbocycles. The Labute approximate surface area is 215 Å². The van der Waals surface area contributed by atoms with E-state index in [9.17, 15) is 4.79 Å². The maximum atomic E-state index is 12.6. The second-order valence-corrected chi connectivity index (χ2v) is 7.82. The third-order valence-corrected chi connectivity index (χ3v) is 5.55. The summed E-state index contributed by atoms with van der Waals surface area (Å²) in [5.41, 5.74) is 2.71. The molecule has 0 saturated carbocycles. The van der Waals surface area contributed by atoms with E-state index < -0.39 is 0 Å². The standard InChI is InChI=1S/C28H28ClNO6/c1-32-24-9-7-6-8-20(24)23(31)12-13-30-22-15-18(14-21(29)27(22)35-4)10-11-19-16-25(33-2)28(36-5)26(17-19)34-3/h6-17,30H,1-5H3. The summed E-state index contributed by atoms with van der Waals surface area (Å²) in [6, 6.07) is 14.4. The summed E-state index contributed by atoms with van der Waals surface area (Å²) >= 11 is 6.47. The number of para-hydroxylation sites is 1. The molecule has 36 heavy (non-hydrogen) atoms. The molecule has 3 aromatic rings. The first kappa shape index (κ1) is 26.5. The monoisotopic (exact) mass is 509 g/mol. The zero-order valence-corrected chi connectivity index (χ0v) is 21.5. The van der Waals surface area contributed by atoms with Crippen LogP contribution in [-0.2, 0) is 0 Å². The second kappa shape index (κ2) is 12.6. The van der Waals surface area contributed by atoms with E-state index >= 15 is 0 Å². The Morgan fingerprint density at radius 1 is 0.750 bits per heavy atom. The van der Waals surface area contributed by atoms with Crippen LogP contribution in [0.5, 0.6) is 28.7 Å². The van der Waals surface area contributed by atoms with E-state index in [1.807, 2.05) is 36.4 Å². The lowest BCUT2D eigenvalue weighted by Gasteiger charge is -2.13. The number of carbonyl (C=O) groups is 1. The topological polar surface area (TPSA) is 75.3 Å². The molecule has 0 saturated heterocycles. The van der Waals surface area contributed by atoms with Crippen molar-refractivity contribution in [3.8, 4) is 28.7 Å². The first-order valence-corrected chi connectivity index (χ1v) is 11.3. The number of anilines is 1. The van der Waals surface area contributed by atoms with Gasteiger partial charge in [-0.1, -0.05) is 35.9 Å². The average molecular weight is 510 g/mol. The molecule has 0 atom stereocenters. The third-order valence-electron chi connectivity index (χ3n) is 5.27. The lowest BCUT2D eigenvalue weighted by atomic mass is 10.1. The van der Waals surface area contributed by atoms with Crippen molar-refractivity contribution in [2.75, 3.05) is 40.9 Å². The van der Waals surface area contributed by atoms with Crippen molar-refractivity contribution in [1.82, 2.24) is 0 Å². The van der Waals surface area contributed by atoms with Gasteiger partial charge in [0.1, 0.15) is 5.75 Å². The van der Waals surface area contributed by atoms with Gasteiger partial charge in [0.05, 0.1) is 51.8 Å². The largest absolute Gasteiger partial charge is 0.496 e. The van der Waals surface area contributed by atoms with Crippen LogP contribution in [0, 0.1) is 0 Å². The Kier molecular flexibility index (Phi) is 9.25. The molecule has 0 amide bonds. The van der Waals surface area contributed by atoms with Crippen LogP contribution in [0.1, 0.15) is 21.5 Å². The highest BCUT2D eigenvalue weighted by atomic mass is 35.5. The van der Waals surface area contributed by atoms with E-state index in [2.05, 4.69) is 5.32 Å². The van der Waals surface area contributed by atoms with E-state index in [-0.39, 0.29) is 5.78 Å². The van der Waals surface area contributed by atoms with Gasteiger partial charge in [-0.05, 0) is 47.5 Å². The van der Waals surface area contributed by atoms with Gasteiger partial charge in [-0.15, -0.1) is 0 Å². The van der Waals surface area contributed by atoms with Gasteiger partial charge in [-0.2, -0.15) is 0 Å². The SMILES string of the molecule is COc1ccccc1C(=O)C=CNc1cc(C=Cc2cc(OC)c(OC)c(OC)c2)cc(Cl)c1OC. The summed E-state index contributed by atoms with van der Waals surface area (Å²) in [6.45, 7) is 0. The van der Waals surface area contributed by atoms with Gasteiger partial charge in [0.15, 0.2) is 23.0 Å². The number of allylic oxidation sites excluding steroid dienone is 1. The van der Waals surface area contributed by atoms with Crippen molar-refractivity contribution in [1.29, 1.82) is 0 Å². The molecule has 0 heterocycles. The Balaban J connectivity index is 1.86. The van der Waals surface area contributed by atoms with Gasteiger partial charge in [0.25, 0.3) is 0 Å². The van der Waals surface area contributed by atoms with Crippen LogP contribution in [0.2, 0.25) is 5.02 Å². The van der Waals surface area contributed by atoms with Crippen LogP contribution < -0.4 is 29.0 Å². The minimum Gasteiger partial charge on any atom is -0.496 e. The van der Waals surface area contributed by atoms with Crippen molar-refractivity contribution in [3.63, 3.8) is 0 Å². The second-order valence-electron chi connectivity index (χ2n) is 7.42. The fourth-order valence-corrected chi connectivity index (χ4v) is 3.87.